The molecule has 1 aliphatic rings. The first-order chi connectivity index (χ1) is 15.8. The lowest BCUT2D eigenvalue weighted by atomic mass is 9.99. The Labute approximate surface area is 196 Å². The van der Waals surface area contributed by atoms with Crippen LogP contribution in [0.5, 0.6) is 5.75 Å². The third-order valence-electron chi connectivity index (χ3n) is 6.27. The van der Waals surface area contributed by atoms with Gasteiger partial charge in [-0.15, -0.1) is 11.3 Å². The number of aromatic hydroxyl groups is 1. The smallest absolute Gasteiger partial charge is 0.311 e. The summed E-state index contributed by atoms with van der Waals surface area (Å²) in [6.45, 7) is 3.87. The molecule has 0 aliphatic heterocycles. The molecule has 0 amide bonds. The maximum absolute atomic E-state index is 13.5. The van der Waals surface area contributed by atoms with Gasteiger partial charge in [0.1, 0.15) is 24.7 Å². The van der Waals surface area contributed by atoms with Crippen LogP contribution in [0.2, 0.25) is 0 Å². The molecule has 0 saturated heterocycles. The van der Waals surface area contributed by atoms with Gasteiger partial charge in [-0.25, -0.2) is 17.9 Å². The fraction of sp³-hybridized carbons (Fsp3) is 0.440. The quantitative estimate of drug-likeness (QED) is 0.270. The number of aromatic nitrogens is 2. The molecule has 4 rings (SSSR count). The summed E-state index contributed by atoms with van der Waals surface area (Å²) in [6.07, 6.45) is 4.66. The number of ether oxygens (including phenoxy) is 1. The second-order valence-corrected chi connectivity index (χ2v) is 9.63. The highest BCUT2D eigenvalue weighted by atomic mass is 32.1. The first-order valence-corrected chi connectivity index (χ1v) is 12.1. The SMILES string of the molecule is Cc1n(CCCOC(=O)Cc2scc(C3CCC(F)(F)C3)c2O)cc[n+]1Cc1ccccc1. The summed E-state index contributed by atoms with van der Waals surface area (Å²) < 4.78 is 36.6. The van der Waals surface area contributed by atoms with Crippen molar-refractivity contribution in [3.8, 4) is 5.75 Å². The van der Waals surface area contributed by atoms with E-state index in [-0.39, 0.29) is 37.5 Å². The van der Waals surface area contributed by atoms with E-state index in [4.69, 9.17) is 4.74 Å². The Balaban J connectivity index is 1.22. The highest BCUT2D eigenvalue weighted by Gasteiger charge is 2.41. The van der Waals surface area contributed by atoms with Crippen molar-refractivity contribution in [2.24, 2.45) is 0 Å². The highest BCUT2D eigenvalue weighted by molar-refractivity contribution is 7.10. The van der Waals surface area contributed by atoms with Crippen molar-refractivity contribution in [2.45, 2.75) is 64.0 Å². The Hall–Kier alpha value is -2.74. The monoisotopic (exact) mass is 475 g/mol. The number of carbonyl (C=O) groups is 1. The van der Waals surface area contributed by atoms with E-state index in [1.807, 2.05) is 30.6 Å². The van der Waals surface area contributed by atoms with Crippen LogP contribution in [0.15, 0.2) is 48.1 Å². The molecule has 2 heterocycles. The van der Waals surface area contributed by atoms with Gasteiger partial charge in [-0.05, 0) is 23.3 Å². The van der Waals surface area contributed by atoms with Gasteiger partial charge in [0.2, 0.25) is 5.92 Å². The molecule has 1 atom stereocenters. The first-order valence-electron chi connectivity index (χ1n) is 11.2. The predicted octanol–water partition coefficient (Wildman–Crippen LogP) is 4.98. The maximum Gasteiger partial charge on any atom is 0.311 e. The standard InChI is InChI=1S/C25H28F2N2O3S/c1-18-28(11-12-29(18)16-19-6-3-2-4-7-19)10-5-13-32-23(30)14-22-24(31)21(17-33-22)20-8-9-25(26,27)15-20/h2-4,6-7,11-12,17,20H,5,8-10,13-16H2,1H3/p+1. The molecule has 1 unspecified atom stereocenters. The second kappa shape index (κ2) is 10.0. The van der Waals surface area contributed by atoms with E-state index >= 15 is 0 Å². The Morgan fingerprint density at radius 1 is 1.33 bits per heavy atom. The Morgan fingerprint density at radius 2 is 2.12 bits per heavy atom. The van der Waals surface area contributed by atoms with Crippen molar-refractivity contribution in [2.75, 3.05) is 6.61 Å². The Morgan fingerprint density at radius 3 is 2.85 bits per heavy atom. The van der Waals surface area contributed by atoms with E-state index < -0.39 is 11.9 Å². The number of hydrogen-bond acceptors (Lipinski definition) is 4. The van der Waals surface area contributed by atoms with Gasteiger partial charge >= 0.3 is 5.97 Å². The molecule has 1 aromatic carbocycles. The van der Waals surface area contributed by atoms with E-state index in [1.165, 1.54) is 16.9 Å². The third-order valence-corrected chi connectivity index (χ3v) is 7.27. The minimum absolute atomic E-state index is 0.0226. The molecule has 1 aliphatic carbocycles. The number of rotatable bonds is 9. The minimum Gasteiger partial charge on any atom is -0.506 e. The lowest BCUT2D eigenvalue weighted by Crippen LogP contribution is -2.36. The lowest BCUT2D eigenvalue weighted by molar-refractivity contribution is -0.694. The van der Waals surface area contributed by atoms with Crippen molar-refractivity contribution in [1.82, 2.24) is 4.57 Å². The van der Waals surface area contributed by atoms with Crippen molar-refractivity contribution in [3.05, 3.63) is 69.9 Å². The Kier molecular flexibility index (Phi) is 7.12. The van der Waals surface area contributed by atoms with Gasteiger partial charge in [0.15, 0.2) is 0 Å². The molecule has 1 saturated carbocycles. The van der Waals surface area contributed by atoms with E-state index in [9.17, 15) is 18.7 Å². The number of thiophene rings is 1. The Bertz CT molecular complexity index is 1090. The van der Waals surface area contributed by atoms with E-state index in [2.05, 4.69) is 28.2 Å². The molecule has 0 bridgehead atoms. The minimum atomic E-state index is -2.67. The topological polar surface area (TPSA) is 55.3 Å². The van der Waals surface area contributed by atoms with Gasteiger partial charge in [0, 0.05) is 31.7 Å². The van der Waals surface area contributed by atoms with Crippen LogP contribution in [-0.4, -0.2) is 28.2 Å². The van der Waals surface area contributed by atoms with E-state index in [0.717, 1.165) is 18.9 Å². The van der Waals surface area contributed by atoms with Gasteiger partial charge in [-0.3, -0.25) is 4.79 Å². The van der Waals surface area contributed by atoms with Crippen LogP contribution in [0.1, 0.15) is 53.4 Å². The second-order valence-electron chi connectivity index (χ2n) is 8.66. The number of alkyl halides is 2. The number of nitrogens with zero attached hydrogens (tertiary/aromatic N) is 2. The van der Waals surface area contributed by atoms with E-state index in [1.54, 1.807) is 5.38 Å². The fourth-order valence-electron chi connectivity index (χ4n) is 4.37. The molecule has 0 radical (unpaired) electrons. The number of aryl methyl sites for hydroxylation is 1. The zero-order valence-corrected chi connectivity index (χ0v) is 19.5. The van der Waals surface area contributed by atoms with Crippen molar-refractivity contribution < 1.29 is 28.0 Å². The van der Waals surface area contributed by atoms with Gasteiger partial charge in [-0.2, -0.15) is 0 Å². The summed E-state index contributed by atoms with van der Waals surface area (Å²) in [6, 6.07) is 10.3. The maximum atomic E-state index is 13.5. The van der Waals surface area contributed by atoms with Crippen LogP contribution >= 0.6 is 11.3 Å². The van der Waals surface area contributed by atoms with Crippen LogP contribution in [0.4, 0.5) is 8.78 Å². The zero-order chi connectivity index (χ0) is 23.4. The van der Waals surface area contributed by atoms with E-state index in [0.29, 0.717) is 23.3 Å². The van der Waals surface area contributed by atoms with Crippen LogP contribution in [0, 0.1) is 6.92 Å². The number of imidazole rings is 1. The molecule has 1 fully saturated rings. The van der Waals surface area contributed by atoms with Crippen molar-refractivity contribution in [1.29, 1.82) is 0 Å². The molecule has 8 heteroatoms. The van der Waals surface area contributed by atoms with Crippen LogP contribution < -0.4 is 4.57 Å². The fourth-order valence-corrected chi connectivity index (χ4v) is 5.37. The summed E-state index contributed by atoms with van der Waals surface area (Å²) in [5, 5.41) is 12.1. The number of hydrogen-bond donors (Lipinski definition) is 1. The normalized spacial score (nSPS) is 17.4. The van der Waals surface area contributed by atoms with Crippen LogP contribution in [0.3, 0.4) is 0 Å². The summed E-state index contributed by atoms with van der Waals surface area (Å²) >= 11 is 1.23. The molecule has 3 aromatic rings. The average Bonchev–Trinajstić information content (AvgIpc) is 3.44. The first kappa shape index (κ1) is 23.4. The van der Waals surface area contributed by atoms with Gasteiger partial charge in [0.05, 0.1) is 24.4 Å². The average molecular weight is 476 g/mol. The molecule has 0 spiro atoms. The summed E-state index contributed by atoms with van der Waals surface area (Å²) in [5.74, 6) is -2.34. The predicted molar refractivity (Wildman–Crippen MR) is 122 cm³/mol. The molecule has 33 heavy (non-hydrogen) atoms. The molecular formula is C25H29F2N2O3S+. The van der Waals surface area contributed by atoms with Gasteiger partial charge < -0.3 is 9.84 Å². The molecular weight excluding hydrogens is 446 g/mol. The van der Waals surface area contributed by atoms with Crippen LogP contribution in [-0.2, 0) is 29.0 Å². The van der Waals surface area contributed by atoms with Gasteiger partial charge in [-0.1, -0.05) is 30.3 Å². The number of halogens is 2. The molecule has 2 aromatic heterocycles. The largest absolute Gasteiger partial charge is 0.506 e. The number of esters is 1. The van der Waals surface area contributed by atoms with Crippen LogP contribution in [0.25, 0.3) is 0 Å². The lowest BCUT2D eigenvalue weighted by Gasteiger charge is -2.10. The van der Waals surface area contributed by atoms with Crippen molar-refractivity contribution in [3.63, 3.8) is 0 Å². The third kappa shape index (κ3) is 5.79. The number of benzene rings is 1. The molecule has 1 N–H and O–H groups in total. The van der Waals surface area contributed by atoms with Gasteiger partial charge in [0.25, 0.3) is 5.82 Å². The molecule has 5 nitrogen and oxygen atoms in total. The summed E-state index contributed by atoms with van der Waals surface area (Å²) in [5.41, 5.74) is 1.77. The number of carbonyl (C=O) groups excluding carboxylic acids is 1. The van der Waals surface area contributed by atoms with Crippen molar-refractivity contribution >= 4 is 17.3 Å². The summed E-state index contributed by atoms with van der Waals surface area (Å²) in [7, 11) is 0. The molecule has 176 valence electrons. The summed E-state index contributed by atoms with van der Waals surface area (Å²) in [4.78, 5) is 12.7. The highest BCUT2D eigenvalue weighted by Crippen LogP contribution is 2.48. The zero-order valence-electron chi connectivity index (χ0n) is 18.7.